The van der Waals surface area contributed by atoms with Crippen LogP contribution in [0.5, 0.6) is 5.75 Å². The molecular weight excluding hydrogens is 550 g/mol. The number of ketones is 2. The molecule has 5 aliphatic rings. The monoisotopic (exact) mass is 597 g/mol. The summed E-state index contributed by atoms with van der Waals surface area (Å²) in [6.45, 7) is 15.3. The summed E-state index contributed by atoms with van der Waals surface area (Å²) in [6.07, 6.45) is 9.72. The van der Waals surface area contributed by atoms with Crippen LogP contribution in [0.4, 0.5) is 10.5 Å². The fraction of sp³-hybridized carbons (Fsp3) is 0.622. The van der Waals surface area contributed by atoms with Crippen molar-refractivity contribution in [2.45, 2.75) is 99.0 Å². The van der Waals surface area contributed by atoms with Crippen LogP contribution < -0.4 is 10.6 Å². The van der Waals surface area contributed by atoms with E-state index in [0.29, 0.717) is 5.69 Å². The van der Waals surface area contributed by atoms with Crippen molar-refractivity contribution in [1.29, 1.82) is 5.26 Å². The molecule has 0 radical (unpaired) electrons. The van der Waals surface area contributed by atoms with Crippen LogP contribution in [0.15, 0.2) is 47.6 Å². The van der Waals surface area contributed by atoms with Crippen LogP contribution in [0, 0.1) is 56.2 Å². The second kappa shape index (κ2) is 9.55. The summed E-state index contributed by atoms with van der Waals surface area (Å²) in [5, 5.41) is 26.0. The first-order chi connectivity index (χ1) is 20.4. The lowest BCUT2D eigenvalue weighted by Crippen LogP contribution is -2.70. The van der Waals surface area contributed by atoms with Crippen molar-refractivity contribution in [3.8, 4) is 11.8 Å². The number of benzene rings is 1. The predicted molar refractivity (Wildman–Crippen MR) is 169 cm³/mol. The molecule has 234 valence electrons. The average Bonchev–Trinajstić information content (AvgIpc) is 2.94. The summed E-state index contributed by atoms with van der Waals surface area (Å²) in [6, 6.07) is 8.34. The van der Waals surface area contributed by atoms with Gasteiger partial charge in [-0.3, -0.25) is 9.59 Å². The first kappa shape index (κ1) is 30.6. The number of hydrogen-bond donors (Lipinski definition) is 3. The Morgan fingerprint density at radius 2 is 1.61 bits per heavy atom. The molecule has 0 bridgehead atoms. The Balaban J connectivity index is 1.42. The number of rotatable bonds is 2. The van der Waals surface area contributed by atoms with E-state index in [4.69, 9.17) is 0 Å². The van der Waals surface area contributed by atoms with Crippen LogP contribution >= 0.6 is 0 Å². The standard InChI is InChI=1S/C37H47N3O4/c1-32(2)14-16-37(40-31(44)39-23-8-10-24(41)11-9-23)17-15-36(7)29(25(37)20-32)26(42)18-28-34(5)19-22(21-38)30(43)33(3,4)27(34)12-13-35(28,36)6/h8-11,18-19,25,27,29,41H,12-17,20H2,1-7H3,(H2,39,40,44)/t25-,27-,29-,34-,35+,36+,37-/m0/s1. The van der Waals surface area contributed by atoms with E-state index in [0.717, 1.165) is 50.5 Å². The smallest absolute Gasteiger partial charge is 0.319 e. The Hall–Kier alpha value is -3.40. The molecule has 6 rings (SSSR count). The number of allylic oxidation sites excluding steroid dienone is 4. The number of nitrogens with zero attached hydrogens (tertiary/aromatic N) is 1. The molecule has 1 aromatic carbocycles. The number of urea groups is 1. The predicted octanol–water partition coefficient (Wildman–Crippen LogP) is 7.49. The Kier molecular flexibility index (Phi) is 6.65. The van der Waals surface area contributed by atoms with Crippen LogP contribution in [-0.4, -0.2) is 28.2 Å². The highest BCUT2D eigenvalue weighted by atomic mass is 16.3. The Bertz CT molecular complexity index is 1550. The fourth-order valence-electron chi connectivity index (χ4n) is 10.8. The van der Waals surface area contributed by atoms with Gasteiger partial charge in [0.05, 0.1) is 5.57 Å². The van der Waals surface area contributed by atoms with Crippen molar-refractivity contribution in [2.75, 3.05) is 5.32 Å². The summed E-state index contributed by atoms with van der Waals surface area (Å²) in [5.41, 5.74) is -0.484. The molecule has 3 saturated carbocycles. The van der Waals surface area contributed by atoms with Gasteiger partial charge in [0.15, 0.2) is 11.6 Å². The van der Waals surface area contributed by atoms with E-state index < -0.39 is 16.4 Å². The number of fused-ring (bicyclic) bond motifs is 7. The van der Waals surface area contributed by atoms with E-state index in [1.165, 1.54) is 0 Å². The first-order valence-corrected chi connectivity index (χ1v) is 16.3. The molecule has 3 N–H and O–H groups in total. The minimum atomic E-state index is -0.693. The Morgan fingerprint density at radius 3 is 2.27 bits per heavy atom. The Labute approximate surface area is 261 Å². The molecule has 0 aliphatic heterocycles. The third-order valence-electron chi connectivity index (χ3n) is 13.3. The molecule has 44 heavy (non-hydrogen) atoms. The molecule has 0 unspecified atom stereocenters. The highest BCUT2D eigenvalue weighted by Gasteiger charge is 2.70. The second-order valence-corrected chi connectivity index (χ2v) is 16.5. The zero-order valence-corrected chi connectivity index (χ0v) is 27.3. The second-order valence-electron chi connectivity index (χ2n) is 16.5. The number of phenolic OH excluding ortho intramolecular Hbond substituents is 1. The first-order valence-electron chi connectivity index (χ1n) is 16.3. The minimum Gasteiger partial charge on any atom is -0.508 e. The van der Waals surface area contributed by atoms with Crippen molar-refractivity contribution in [1.82, 2.24) is 5.32 Å². The number of carbonyl (C=O) groups is 3. The van der Waals surface area contributed by atoms with E-state index in [2.05, 4.69) is 51.3 Å². The van der Waals surface area contributed by atoms with Gasteiger partial charge in [-0.05, 0) is 103 Å². The topological polar surface area (TPSA) is 119 Å². The van der Waals surface area contributed by atoms with Crippen molar-refractivity contribution in [2.24, 2.45) is 44.8 Å². The lowest BCUT2D eigenvalue weighted by atomic mass is 9.35. The molecule has 7 atom stereocenters. The van der Waals surface area contributed by atoms with Crippen LogP contribution in [0.2, 0.25) is 0 Å². The Morgan fingerprint density at radius 1 is 0.955 bits per heavy atom. The van der Waals surface area contributed by atoms with Crippen LogP contribution in [-0.2, 0) is 9.59 Å². The molecule has 3 fully saturated rings. The number of anilines is 1. The van der Waals surface area contributed by atoms with Crippen LogP contribution in [0.1, 0.15) is 93.4 Å². The molecule has 0 spiro atoms. The molecule has 7 nitrogen and oxygen atoms in total. The van der Waals surface area contributed by atoms with E-state index in [1.807, 2.05) is 26.0 Å². The van der Waals surface area contributed by atoms with E-state index >= 15 is 0 Å². The third kappa shape index (κ3) is 4.16. The molecule has 1 aromatic rings. The summed E-state index contributed by atoms with van der Waals surface area (Å²) in [5.74, 6) is -0.113. The molecule has 0 saturated heterocycles. The molecular formula is C37H47N3O4. The summed E-state index contributed by atoms with van der Waals surface area (Å²) in [4.78, 5) is 41.5. The highest BCUT2D eigenvalue weighted by molar-refractivity contribution is 6.04. The number of nitrogens with one attached hydrogen (secondary N) is 2. The van der Waals surface area contributed by atoms with Gasteiger partial charge in [-0.25, -0.2) is 4.79 Å². The van der Waals surface area contributed by atoms with Crippen molar-refractivity contribution < 1.29 is 19.5 Å². The number of amides is 2. The average molecular weight is 598 g/mol. The van der Waals surface area contributed by atoms with Gasteiger partial charge in [0, 0.05) is 28.0 Å². The van der Waals surface area contributed by atoms with Gasteiger partial charge in [0.2, 0.25) is 0 Å². The third-order valence-corrected chi connectivity index (χ3v) is 13.3. The van der Waals surface area contributed by atoms with Gasteiger partial charge in [-0.2, -0.15) is 5.26 Å². The van der Waals surface area contributed by atoms with Crippen molar-refractivity contribution in [3.63, 3.8) is 0 Å². The number of Topliss-reactive ketones (excluding diaryl/α,β-unsaturated/α-hetero) is 1. The van der Waals surface area contributed by atoms with Gasteiger partial charge in [-0.15, -0.1) is 0 Å². The van der Waals surface area contributed by atoms with Gasteiger partial charge in [-0.1, -0.05) is 60.1 Å². The highest BCUT2D eigenvalue weighted by Crippen LogP contribution is 2.73. The number of phenols is 1. The van der Waals surface area contributed by atoms with E-state index in [9.17, 15) is 24.8 Å². The minimum absolute atomic E-state index is 0.00781. The van der Waals surface area contributed by atoms with Crippen LogP contribution in [0.25, 0.3) is 0 Å². The van der Waals surface area contributed by atoms with Crippen molar-refractivity contribution in [3.05, 3.63) is 47.6 Å². The van der Waals surface area contributed by atoms with E-state index in [1.54, 1.807) is 24.3 Å². The summed E-state index contributed by atoms with van der Waals surface area (Å²) >= 11 is 0. The van der Waals surface area contributed by atoms with Gasteiger partial charge >= 0.3 is 6.03 Å². The van der Waals surface area contributed by atoms with Gasteiger partial charge < -0.3 is 15.7 Å². The molecule has 0 heterocycles. The zero-order valence-electron chi connectivity index (χ0n) is 27.3. The number of hydrogen-bond acceptors (Lipinski definition) is 5. The molecule has 2 amide bonds. The number of aromatic hydroxyl groups is 1. The number of nitriles is 1. The maximum absolute atomic E-state index is 14.7. The largest absolute Gasteiger partial charge is 0.508 e. The lowest BCUT2D eigenvalue weighted by molar-refractivity contribution is -0.160. The van der Waals surface area contributed by atoms with Gasteiger partial charge in [0.25, 0.3) is 0 Å². The van der Waals surface area contributed by atoms with E-state index in [-0.39, 0.29) is 62.9 Å². The summed E-state index contributed by atoms with van der Waals surface area (Å²) in [7, 11) is 0. The number of carbonyl (C=O) groups excluding carboxylic acids is 3. The maximum atomic E-state index is 14.7. The van der Waals surface area contributed by atoms with Crippen LogP contribution in [0.3, 0.4) is 0 Å². The zero-order chi connectivity index (χ0) is 32.1. The molecule has 5 aliphatic carbocycles. The van der Waals surface area contributed by atoms with Crippen molar-refractivity contribution >= 4 is 23.3 Å². The fourth-order valence-corrected chi connectivity index (χ4v) is 10.8. The SMILES string of the molecule is CC1(C)CC[C@]2(NC(=O)Nc3ccc(O)cc3)CC[C@]3(C)[C@H](C(=O)C=C4[C@@]5(C)C=C(C#N)C(=O)C(C)(C)[C@@H]5CC[C@]43C)[C@@H]2C1. The maximum Gasteiger partial charge on any atom is 0.319 e. The molecule has 0 aromatic heterocycles. The normalized spacial score (nSPS) is 40.1. The molecule has 7 heteroatoms. The lowest BCUT2D eigenvalue weighted by Gasteiger charge is -2.69. The summed E-state index contributed by atoms with van der Waals surface area (Å²) < 4.78 is 0. The quantitative estimate of drug-likeness (QED) is 0.305. The van der Waals surface area contributed by atoms with Gasteiger partial charge in [0.1, 0.15) is 11.8 Å².